The van der Waals surface area contributed by atoms with Gasteiger partial charge in [-0.25, -0.2) is 14.8 Å². The Bertz CT molecular complexity index is 961. The van der Waals surface area contributed by atoms with Crippen LogP contribution in [-0.4, -0.2) is 24.7 Å². The maximum atomic E-state index is 12.0. The lowest BCUT2D eigenvalue weighted by Crippen LogP contribution is -2.17. The lowest BCUT2D eigenvalue weighted by molar-refractivity contribution is 0.474. The van der Waals surface area contributed by atoms with E-state index < -0.39 is 0 Å². The predicted molar refractivity (Wildman–Crippen MR) is 88.0 cm³/mol. The molecule has 1 saturated carbocycles. The second kappa shape index (κ2) is 5.76. The molecule has 1 N–H and O–H groups in total. The molecule has 4 rings (SSSR count). The lowest BCUT2D eigenvalue weighted by atomic mass is 10.3. The molecule has 7 nitrogen and oxygen atoms in total. The van der Waals surface area contributed by atoms with Crippen molar-refractivity contribution < 1.29 is 4.74 Å². The number of H-pyrrole nitrogens is 1. The second-order valence-electron chi connectivity index (χ2n) is 5.67. The molecule has 0 amide bonds. The zero-order valence-corrected chi connectivity index (χ0v) is 13.6. The van der Waals surface area contributed by atoms with Gasteiger partial charge in [0.05, 0.1) is 5.69 Å². The van der Waals surface area contributed by atoms with Crippen LogP contribution in [0.25, 0.3) is 5.82 Å². The summed E-state index contributed by atoms with van der Waals surface area (Å²) >= 11 is 5.85. The van der Waals surface area contributed by atoms with Crippen molar-refractivity contribution in [3.05, 3.63) is 57.6 Å². The molecular formula is C16H14ClN5O2. The minimum Gasteiger partial charge on any atom is -0.455 e. The minimum absolute atomic E-state index is 0.279. The van der Waals surface area contributed by atoms with Crippen LogP contribution in [0.3, 0.4) is 0 Å². The number of nitrogens with zero attached hydrogens (tertiary/aromatic N) is 4. The highest BCUT2D eigenvalue weighted by Crippen LogP contribution is 2.37. The Balaban J connectivity index is 1.63. The molecule has 0 aromatic carbocycles. The maximum Gasteiger partial charge on any atom is 0.349 e. The average molecular weight is 344 g/mol. The van der Waals surface area contributed by atoms with Crippen molar-refractivity contribution in [2.45, 2.75) is 25.7 Å². The number of rotatable bonds is 4. The van der Waals surface area contributed by atoms with E-state index in [1.54, 1.807) is 37.4 Å². The topological polar surface area (TPSA) is 85.7 Å². The zero-order valence-electron chi connectivity index (χ0n) is 12.9. The van der Waals surface area contributed by atoms with Crippen molar-refractivity contribution in [1.29, 1.82) is 0 Å². The van der Waals surface area contributed by atoms with E-state index in [9.17, 15) is 4.79 Å². The summed E-state index contributed by atoms with van der Waals surface area (Å²) in [5.41, 5.74) is 0.363. The normalized spacial score (nSPS) is 13.9. The van der Waals surface area contributed by atoms with Crippen molar-refractivity contribution in [3.8, 4) is 17.3 Å². The highest BCUT2D eigenvalue weighted by atomic mass is 35.5. The monoisotopic (exact) mass is 343 g/mol. The van der Waals surface area contributed by atoms with Crippen molar-refractivity contribution in [3.63, 3.8) is 0 Å². The summed E-state index contributed by atoms with van der Waals surface area (Å²) in [4.78, 5) is 23.2. The smallest absolute Gasteiger partial charge is 0.349 e. The van der Waals surface area contributed by atoms with Gasteiger partial charge in [-0.3, -0.25) is 4.98 Å². The minimum atomic E-state index is -0.279. The molecule has 3 aromatic heterocycles. The fourth-order valence-electron chi connectivity index (χ4n) is 2.37. The number of hydrogen-bond donors (Lipinski definition) is 1. The molecule has 0 bridgehead atoms. The highest BCUT2D eigenvalue weighted by molar-refractivity contribution is 6.29. The van der Waals surface area contributed by atoms with Gasteiger partial charge in [0.1, 0.15) is 22.5 Å². The predicted octanol–water partition coefficient (Wildman–Crippen LogP) is 2.98. The van der Waals surface area contributed by atoms with Gasteiger partial charge in [-0.2, -0.15) is 4.68 Å². The molecule has 0 atom stereocenters. The molecule has 1 aliphatic carbocycles. The van der Waals surface area contributed by atoms with E-state index in [0.717, 1.165) is 18.7 Å². The van der Waals surface area contributed by atoms with E-state index in [-0.39, 0.29) is 5.69 Å². The van der Waals surface area contributed by atoms with E-state index in [1.165, 1.54) is 4.68 Å². The molecule has 0 aliphatic heterocycles. The number of halogens is 1. The number of nitrogens with one attached hydrogen (secondary N) is 1. The highest BCUT2D eigenvalue weighted by Gasteiger charge is 2.28. The largest absolute Gasteiger partial charge is 0.455 e. The molecule has 1 fully saturated rings. The van der Waals surface area contributed by atoms with E-state index in [0.29, 0.717) is 34.1 Å². The van der Waals surface area contributed by atoms with Gasteiger partial charge in [-0.1, -0.05) is 11.6 Å². The molecule has 0 saturated heterocycles. The lowest BCUT2D eigenvalue weighted by Gasteiger charge is -2.09. The number of aryl methyl sites for hydroxylation is 1. The van der Waals surface area contributed by atoms with Crippen molar-refractivity contribution >= 4 is 11.6 Å². The van der Waals surface area contributed by atoms with E-state index in [4.69, 9.17) is 16.3 Å². The van der Waals surface area contributed by atoms with Crippen LogP contribution < -0.4 is 10.4 Å². The molecule has 24 heavy (non-hydrogen) atoms. The van der Waals surface area contributed by atoms with Gasteiger partial charge < -0.3 is 4.74 Å². The SMILES string of the molecule is Cc1nc(-n2nc(C3CC3)[nH]c2=O)ccc1Oc1ccnc(Cl)c1. The Morgan fingerprint density at radius 2 is 2.17 bits per heavy atom. The van der Waals surface area contributed by atoms with Crippen molar-refractivity contribution in [2.24, 2.45) is 0 Å². The molecule has 3 heterocycles. The molecule has 0 unspecified atom stereocenters. The van der Waals surface area contributed by atoms with E-state index in [1.807, 2.05) is 0 Å². The first-order chi connectivity index (χ1) is 11.6. The fourth-order valence-corrected chi connectivity index (χ4v) is 2.54. The van der Waals surface area contributed by atoms with Crippen LogP contribution in [-0.2, 0) is 0 Å². The number of aromatic amines is 1. The van der Waals surface area contributed by atoms with Gasteiger partial charge in [0.15, 0.2) is 5.82 Å². The summed E-state index contributed by atoms with van der Waals surface area (Å²) in [6, 6.07) is 6.78. The zero-order chi connectivity index (χ0) is 16.7. The average Bonchev–Trinajstić information content (AvgIpc) is 3.32. The van der Waals surface area contributed by atoms with Crippen LogP contribution in [0.4, 0.5) is 0 Å². The third-order valence-electron chi connectivity index (χ3n) is 3.76. The van der Waals surface area contributed by atoms with E-state index >= 15 is 0 Å². The Morgan fingerprint density at radius 3 is 2.88 bits per heavy atom. The Hall–Kier alpha value is -2.67. The Kier molecular flexibility index (Phi) is 3.57. The second-order valence-corrected chi connectivity index (χ2v) is 6.06. The Morgan fingerprint density at radius 1 is 1.33 bits per heavy atom. The quantitative estimate of drug-likeness (QED) is 0.736. The van der Waals surface area contributed by atoms with Gasteiger partial charge in [0.2, 0.25) is 0 Å². The van der Waals surface area contributed by atoms with E-state index in [2.05, 4.69) is 20.1 Å². The van der Waals surface area contributed by atoms with Gasteiger partial charge in [0, 0.05) is 18.2 Å². The van der Waals surface area contributed by atoms with Gasteiger partial charge in [-0.15, -0.1) is 5.10 Å². The number of ether oxygens (including phenoxy) is 1. The molecule has 1 aliphatic rings. The summed E-state index contributed by atoms with van der Waals surface area (Å²) in [6.45, 7) is 1.81. The van der Waals surface area contributed by atoms with Crippen LogP contribution in [0.15, 0.2) is 35.3 Å². The van der Waals surface area contributed by atoms with Crippen LogP contribution in [0.2, 0.25) is 5.15 Å². The van der Waals surface area contributed by atoms with Crippen molar-refractivity contribution in [2.75, 3.05) is 0 Å². The summed E-state index contributed by atoms with van der Waals surface area (Å²) in [5, 5.41) is 4.68. The molecule has 0 radical (unpaired) electrons. The molecule has 8 heteroatoms. The third kappa shape index (κ3) is 2.90. The third-order valence-corrected chi connectivity index (χ3v) is 3.97. The maximum absolute atomic E-state index is 12.0. The van der Waals surface area contributed by atoms with Gasteiger partial charge in [-0.05, 0) is 38.0 Å². The van der Waals surface area contributed by atoms with Gasteiger partial charge in [0.25, 0.3) is 0 Å². The number of hydrogen-bond acceptors (Lipinski definition) is 5. The molecule has 3 aromatic rings. The number of pyridine rings is 2. The van der Waals surface area contributed by atoms with Crippen LogP contribution in [0.1, 0.15) is 30.3 Å². The Labute approximate surface area is 142 Å². The first kappa shape index (κ1) is 14.9. The standard InChI is InChI=1S/C16H14ClN5O2/c1-9-12(24-11-6-7-18-13(17)8-11)4-5-14(19-9)22-16(23)20-15(21-22)10-2-3-10/h4-8,10H,2-3H2,1H3,(H,20,21,23). The molecule has 0 spiro atoms. The summed E-state index contributed by atoms with van der Waals surface area (Å²) < 4.78 is 7.05. The summed E-state index contributed by atoms with van der Waals surface area (Å²) in [5.74, 6) is 2.71. The first-order valence-corrected chi connectivity index (χ1v) is 7.94. The van der Waals surface area contributed by atoms with Crippen LogP contribution in [0.5, 0.6) is 11.5 Å². The van der Waals surface area contributed by atoms with Gasteiger partial charge >= 0.3 is 5.69 Å². The number of aromatic nitrogens is 5. The summed E-state index contributed by atoms with van der Waals surface area (Å²) in [7, 11) is 0. The molecular weight excluding hydrogens is 330 g/mol. The van der Waals surface area contributed by atoms with Crippen molar-refractivity contribution in [1.82, 2.24) is 24.7 Å². The van der Waals surface area contributed by atoms with Crippen LogP contribution in [0, 0.1) is 6.92 Å². The molecule has 122 valence electrons. The fraction of sp³-hybridized carbons (Fsp3) is 0.250. The summed E-state index contributed by atoms with van der Waals surface area (Å²) in [6.07, 6.45) is 3.71. The first-order valence-electron chi connectivity index (χ1n) is 7.57. The van der Waals surface area contributed by atoms with Crippen LogP contribution >= 0.6 is 11.6 Å².